The molecule has 0 unspecified atom stereocenters. The Balaban J connectivity index is 1.48. The van der Waals surface area contributed by atoms with Crippen LogP contribution in [0.25, 0.3) is 5.65 Å². The summed E-state index contributed by atoms with van der Waals surface area (Å²) in [4.78, 5) is 8.88. The molecule has 2 aliphatic carbocycles. The summed E-state index contributed by atoms with van der Waals surface area (Å²) in [5.41, 5.74) is 3.50. The summed E-state index contributed by atoms with van der Waals surface area (Å²) >= 11 is 3.38. The van der Waals surface area contributed by atoms with Crippen LogP contribution in [0.2, 0.25) is 0 Å². The molecule has 0 radical (unpaired) electrons. The Morgan fingerprint density at radius 1 is 1.27 bits per heavy atom. The zero-order chi connectivity index (χ0) is 17.7. The fourth-order valence-electron chi connectivity index (χ4n) is 3.69. The summed E-state index contributed by atoms with van der Waals surface area (Å²) in [5.74, 6) is 0.597. The van der Waals surface area contributed by atoms with E-state index in [4.69, 9.17) is 4.98 Å². The molecular weight excluding hydrogens is 395 g/mol. The molecule has 4 nitrogen and oxygen atoms in total. The minimum absolute atomic E-state index is 0.593. The minimum atomic E-state index is -1.20. The minimum Gasteiger partial charge on any atom is -0.379 e. The molecule has 2 fully saturated rings. The lowest BCUT2D eigenvalue weighted by Crippen LogP contribution is -2.29. The first-order valence-corrected chi connectivity index (χ1v) is 9.96. The average Bonchev–Trinajstić information content (AvgIpc) is 3.37. The van der Waals surface area contributed by atoms with E-state index in [1.807, 2.05) is 22.7 Å². The van der Waals surface area contributed by atoms with Crippen LogP contribution in [0.15, 0.2) is 41.4 Å². The second kappa shape index (κ2) is 6.05. The van der Waals surface area contributed by atoms with Gasteiger partial charge in [0.25, 0.3) is 0 Å². The van der Waals surface area contributed by atoms with Gasteiger partial charge in [0.15, 0.2) is 0 Å². The summed E-state index contributed by atoms with van der Waals surface area (Å²) in [6, 6.07) is 5.93. The van der Waals surface area contributed by atoms with Crippen LogP contribution in [0.3, 0.4) is 0 Å². The molecule has 5 rings (SSSR count). The maximum absolute atomic E-state index is 15.3. The Hall–Kier alpha value is -1.95. The zero-order valence-electron chi connectivity index (χ0n) is 14.4. The van der Waals surface area contributed by atoms with E-state index in [1.54, 1.807) is 6.20 Å². The van der Waals surface area contributed by atoms with Gasteiger partial charge in [0.2, 0.25) is 0 Å². The molecule has 3 heterocycles. The van der Waals surface area contributed by atoms with E-state index in [-0.39, 0.29) is 0 Å². The van der Waals surface area contributed by atoms with Crippen molar-refractivity contribution >= 4 is 27.3 Å². The number of aromatic nitrogens is 3. The highest BCUT2D eigenvalue weighted by Gasteiger charge is 2.41. The number of pyridine rings is 2. The van der Waals surface area contributed by atoms with Gasteiger partial charge in [-0.2, -0.15) is 0 Å². The number of nitrogens with zero attached hydrogens (tertiary/aromatic N) is 3. The highest BCUT2D eigenvalue weighted by atomic mass is 79.9. The van der Waals surface area contributed by atoms with Gasteiger partial charge < -0.3 is 9.72 Å². The van der Waals surface area contributed by atoms with Gasteiger partial charge >= 0.3 is 0 Å². The van der Waals surface area contributed by atoms with Crippen molar-refractivity contribution in [2.24, 2.45) is 0 Å². The Kier molecular flexibility index (Phi) is 3.78. The number of fused-ring (bicyclic) bond motifs is 1. The molecule has 0 amide bonds. The smallest absolute Gasteiger partial charge is 0.143 e. The molecule has 0 atom stereocenters. The van der Waals surface area contributed by atoms with Crippen LogP contribution in [-0.4, -0.2) is 14.4 Å². The number of hydrogen-bond donors (Lipinski definition) is 1. The first-order valence-electron chi connectivity index (χ1n) is 9.17. The number of nitrogens with one attached hydrogen (secondary N) is 1. The molecule has 0 saturated heterocycles. The van der Waals surface area contributed by atoms with Crippen molar-refractivity contribution in [1.29, 1.82) is 0 Å². The van der Waals surface area contributed by atoms with Crippen molar-refractivity contribution in [3.8, 4) is 0 Å². The lowest BCUT2D eigenvalue weighted by atomic mass is 9.76. The first-order chi connectivity index (χ1) is 12.6. The maximum Gasteiger partial charge on any atom is 0.143 e. The molecule has 1 N–H and O–H groups in total. The number of alkyl halides is 1. The Bertz CT molecular complexity index is 975. The summed E-state index contributed by atoms with van der Waals surface area (Å²) in [6.45, 7) is 0.593. The topological polar surface area (TPSA) is 42.2 Å². The van der Waals surface area contributed by atoms with Gasteiger partial charge in [-0.3, -0.25) is 0 Å². The molecule has 0 spiro atoms. The molecule has 0 aromatic carbocycles. The second-order valence-electron chi connectivity index (χ2n) is 7.46. The van der Waals surface area contributed by atoms with Crippen LogP contribution >= 0.6 is 15.9 Å². The number of anilines is 1. The fraction of sp³-hybridized carbons (Fsp3) is 0.400. The summed E-state index contributed by atoms with van der Waals surface area (Å²) in [5, 5.41) is 3.36. The standard InChI is InChI=1S/C20H20BrFN4/c21-18-9-15(4-7-23-18)24-10-16-12-26-11-14(13-2-3-13)8-17(19(26)25-16)20(22)5-1-6-20/h4,7-9,11-13H,1-3,5-6,10H2,(H,23,24). The van der Waals surface area contributed by atoms with Gasteiger partial charge in [-0.1, -0.05) is 0 Å². The molecule has 134 valence electrons. The average molecular weight is 415 g/mol. The summed E-state index contributed by atoms with van der Waals surface area (Å²) < 4.78 is 18.1. The van der Waals surface area contributed by atoms with E-state index >= 15 is 4.39 Å². The van der Waals surface area contributed by atoms with E-state index in [2.05, 4.69) is 38.5 Å². The predicted octanol–water partition coefficient (Wildman–Crippen LogP) is 5.33. The summed E-state index contributed by atoms with van der Waals surface area (Å²) in [7, 11) is 0. The number of imidazole rings is 1. The quantitative estimate of drug-likeness (QED) is 0.573. The van der Waals surface area contributed by atoms with Gasteiger partial charge in [0.1, 0.15) is 15.9 Å². The normalized spacial score (nSPS) is 18.7. The lowest BCUT2D eigenvalue weighted by molar-refractivity contribution is 0.0619. The fourth-order valence-corrected chi connectivity index (χ4v) is 4.05. The van der Waals surface area contributed by atoms with Crippen molar-refractivity contribution < 1.29 is 4.39 Å². The third-order valence-electron chi connectivity index (χ3n) is 5.50. The molecule has 6 heteroatoms. The highest BCUT2D eigenvalue weighted by molar-refractivity contribution is 9.10. The third-order valence-corrected chi connectivity index (χ3v) is 5.93. The molecule has 26 heavy (non-hydrogen) atoms. The molecule has 3 aromatic heterocycles. The second-order valence-corrected chi connectivity index (χ2v) is 8.28. The first kappa shape index (κ1) is 16.2. The van der Waals surface area contributed by atoms with E-state index in [1.165, 1.54) is 18.4 Å². The molecule has 2 saturated carbocycles. The Morgan fingerprint density at radius 3 is 2.81 bits per heavy atom. The Labute approximate surface area is 160 Å². The van der Waals surface area contributed by atoms with Gasteiger partial charge in [-0.15, -0.1) is 0 Å². The van der Waals surface area contributed by atoms with Crippen LogP contribution in [0, 0.1) is 0 Å². The predicted molar refractivity (Wildman–Crippen MR) is 103 cm³/mol. The van der Waals surface area contributed by atoms with E-state index in [0.717, 1.165) is 33.6 Å². The van der Waals surface area contributed by atoms with Crippen molar-refractivity contribution in [3.63, 3.8) is 0 Å². The van der Waals surface area contributed by atoms with Crippen LogP contribution < -0.4 is 5.32 Å². The van der Waals surface area contributed by atoms with E-state index in [9.17, 15) is 0 Å². The maximum atomic E-state index is 15.3. The molecule has 0 bridgehead atoms. The molecular formula is C20H20BrFN4. The third kappa shape index (κ3) is 2.90. The van der Waals surface area contributed by atoms with E-state index < -0.39 is 5.67 Å². The monoisotopic (exact) mass is 414 g/mol. The van der Waals surface area contributed by atoms with Gasteiger partial charge in [-0.25, -0.2) is 14.4 Å². The van der Waals surface area contributed by atoms with Crippen LogP contribution in [0.1, 0.15) is 54.8 Å². The van der Waals surface area contributed by atoms with Gasteiger partial charge in [0, 0.05) is 29.8 Å². The largest absolute Gasteiger partial charge is 0.379 e. The van der Waals surface area contributed by atoms with Crippen LogP contribution in [-0.2, 0) is 12.2 Å². The SMILES string of the molecule is FC1(c2cc(C3CC3)cn3cc(CNc4ccnc(Br)c4)nc23)CCC1. The lowest BCUT2D eigenvalue weighted by Gasteiger charge is -2.34. The highest BCUT2D eigenvalue weighted by Crippen LogP contribution is 2.48. The van der Waals surface area contributed by atoms with Crippen molar-refractivity contribution in [2.75, 3.05) is 5.32 Å². The molecule has 2 aliphatic rings. The van der Waals surface area contributed by atoms with E-state index in [0.29, 0.717) is 25.3 Å². The van der Waals surface area contributed by atoms with Crippen molar-refractivity contribution in [2.45, 2.75) is 50.2 Å². The number of hydrogen-bond acceptors (Lipinski definition) is 3. The number of halogens is 2. The number of rotatable bonds is 5. The van der Waals surface area contributed by atoms with Gasteiger partial charge in [0.05, 0.1) is 12.2 Å². The van der Waals surface area contributed by atoms with Crippen LogP contribution in [0.4, 0.5) is 10.1 Å². The summed E-state index contributed by atoms with van der Waals surface area (Å²) in [6.07, 6.45) is 10.5. The Morgan fingerprint density at radius 2 is 2.12 bits per heavy atom. The zero-order valence-corrected chi connectivity index (χ0v) is 16.0. The van der Waals surface area contributed by atoms with Crippen molar-refractivity contribution in [3.05, 3.63) is 58.2 Å². The van der Waals surface area contributed by atoms with Crippen molar-refractivity contribution in [1.82, 2.24) is 14.4 Å². The molecule has 3 aromatic rings. The molecule has 0 aliphatic heterocycles. The van der Waals surface area contributed by atoms with Crippen LogP contribution in [0.5, 0.6) is 0 Å². The van der Waals surface area contributed by atoms with Gasteiger partial charge in [-0.05, 0) is 77.7 Å².